The summed E-state index contributed by atoms with van der Waals surface area (Å²) in [7, 11) is 0. The third-order valence-corrected chi connectivity index (χ3v) is 1.86. The summed E-state index contributed by atoms with van der Waals surface area (Å²) in [5, 5.41) is 19.9. The summed E-state index contributed by atoms with van der Waals surface area (Å²) in [5.41, 5.74) is 6.10. The van der Waals surface area contributed by atoms with E-state index in [9.17, 15) is 0 Å². The number of hydrogen-bond acceptors (Lipinski definition) is 4. The van der Waals surface area contributed by atoms with Gasteiger partial charge in [-0.05, 0) is 17.7 Å². The monoisotopic (exact) mass is 210 g/mol. The summed E-state index contributed by atoms with van der Waals surface area (Å²) >= 11 is 0. The van der Waals surface area contributed by atoms with Crippen LogP contribution in [-0.2, 0) is 6.61 Å². The predicted octanol–water partition coefficient (Wildman–Crippen LogP) is 0.694. The first-order valence-corrected chi connectivity index (χ1v) is 4.55. The highest BCUT2D eigenvalue weighted by atomic mass is 16.5. The topological polar surface area (TPSA) is 88.1 Å². The highest BCUT2D eigenvalue weighted by Crippen LogP contribution is 2.12. The minimum Gasteiger partial charge on any atom is -0.493 e. The second-order valence-electron chi connectivity index (χ2n) is 2.99. The molecule has 0 fully saturated rings. The van der Waals surface area contributed by atoms with Crippen molar-refractivity contribution in [2.45, 2.75) is 13.0 Å². The zero-order chi connectivity index (χ0) is 11.1. The van der Waals surface area contributed by atoms with Gasteiger partial charge in [0.2, 0.25) is 0 Å². The lowest BCUT2D eigenvalue weighted by molar-refractivity contribution is 0.281. The molecule has 0 radical (unpaired) electrons. The van der Waals surface area contributed by atoms with Crippen LogP contribution in [0.15, 0.2) is 29.4 Å². The van der Waals surface area contributed by atoms with E-state index in [4.69, 9.17) is 20.8 Å². The van der Waals surface area contributed by atoms with Crippen molar-refractivity contribution < 1.29 is 15.1 Å². The van der Waals surface area contributed by atoms with Gasteiger partial charge in [-0.25, -0.2) is 0 Å². The molecule has 0 aromatic heterocycles. The molecule has 4 N–H and O–H groups in total. The van der Waals surface area contributed by atoms with Gasteiger partial charge in [0.05, 0.1) is 13.2 Å². The van der Waals surface area contributed by atoms with Crippen molar-refractivity contribution in [3.05, 3.63) is 29.8 Å². The molecular formula is C10H14N2O3. The van der Waals surface area contributed by atoms with Crippen LogP contribution in [0.4, 0.5) is 0 Å². The number of aliphatic hydroxyl groups excluding tert-OH is 1. The van der Waals surface area contributed by atoms with Crippen LogP contribution in [0.25, 0.3) is 0 Å². The van der Waals surface area contributed by atoms with E-state index in [0.29, 0.717) is 18.8 Å². The van der Waals surface area contributed by atoms with Gasteiger partial charge in [0.1, 0.15) is 11.6 Å². The minimum atomic E-state index is 0.0183. The van der Waals surface area contributed by atoms with E-state index in [2.05, 4.69) is 5.16 Å². The van der Waals surface area contributed by atoms with Crippen molar-refractivity contribution in [2.24, 2.45) is 10.9 Å². The lowest BCUT2D eigenvalue weighted by Crippen LogP contribution is -2.15. The maximum atomic E-state index is 8.81. The molecule has 0 bridgehead atoms. The van der Waals surface area contributed by atoms with E-state index in [0.717, 1.165) is 5.56 Å². The van der Waals surface area contributed by atoms with Gasteiger partial charge in [-0.2, -0.15) is 0 Å². The molecule has 1 aromatic carbocycles. The average molecular weight is 210 g/mol. The first kappa shape index (κ1) is 11.3. The summed E-state index contributed by atoms with van der Waals surface area (Å²) in [6, 6.07) is 7.08. The number of amidine groups is 1. The third-order valence-electron chi connectivity index (χ3n) is 1.86. The van der Waals surface area contributed by atoms with Crippen LogP contribution in [0.5, 0.6) is 5.75 Å². The summed E-state index contributed by atoms with van der Waals surface area (Å²) in [6.45, 7) is 0.374. The first-order chi connectivity index (χ1) is 7.26. The van der Waals surface area contributed by atoms with Crippen molar-refractivity contribution in [3.63, 3.8) is 0 Å². The number of aliphatic hydroxyl groups is 1. The fourth-order valence-corrected chi connectivity index (χ4v) is 1.01. The Morgan fingerprint density at radius 1 is 1.33 bits per heavy atom. The van der Waals surface area contributed by atoms with Crippen LogP contribution in [0.3, 0.4) is 0 Å². The Bertz CT molecular complexity index is 322. The molecule has 0 heterocycles. The second kappa shape index (κ2) is 5.87. The van der Waals surface area contributed by atoms with Gasteiger partial charge >= 0.3 is 0 Å². The van der Waals surface area contributed by atoms with Crippen LogP contribution in [-0.4, -0.2) is 22.8 Å². The average Bonchev–Trinajstić information content (AvgIpc) is 2.29. The normalized spacial score (nSPS) is 11.4. The number of ether oxygens (including phenoxy) is 1. The summed E-state index contributed by atoms with van der Waals surface area (Å²) < 4.78 is 5.32. The fraction of sp³-hybridized carbons (Fsp3) is 0.300. The molecule has 0 atom stereocenters. The van der Waals surface area contributed by atoms with Crippen molar-refractivity contribution in [2.75, 3.05) is 6.61 Å². The standard InChI is InChI=1S/C10H14N2O3/c11-10(12-14)5-6-15-9-3-1-8(7-13)2-4-9/h1-4,13-14H,5-7H2,(H2,11,12). The zero-order valence-electron chi connectivity index (χ0n) is 8.26. The van der Waals surface area contributed by atoms with Crippen molar-refractivity contribution in [1.29, 1.82) is 0 Å². The SMILES string of the molecule is N/C(CCOc1ccc(CO)cc1)=N\O. The smallest absolute Gasteiger partial charge is 0.142 e. The molecule has 0 amide bonds. The Kier molecular flexibility index (Phi) is 4.43. The summed E-state index contributed by atoms with van der Waals surface area (Å²) in [4.78, 5) is 0. The number of benzene rings is 1. The van der Waals surface area contributed by atoms with E-state index in [1.54, 1.807) is 24.3 Å². The van der Waals surface area contributed by atoms with Crippen molar-refractivity contribution in [3.8, 4) is 5.75 Å². The van der Waals surface area contributed by atoms with Gasteiger partial charge in [0, 0.05) is 6.42 Å². The van der Waals surface area contributed by atoms with Gasteiger partial charge in [0.15, 0.2) is 0 Å². The number of hydrogen-bond donors (Lipinski definition) is 3. The van der Waals surface area contributed by atoms with Crippen molar-refractivity contribution in [1.82, 2.24) is 0 Å². The van der Waals surface area contributed by atoms with E-state index in [-0.39, 0.29) is 12.4 Å². The Morgan fingerprint density at radius 2 is 2.00 bits per heavy atom. The van der Waals surface area contributed by atoms with Crippen LogP contribution >= 0.6 is 0 Å². The number of rotatable bonds is 5. The van der Waals surface area contributed by atoms with Crippen molar-refractivity contribution >= 4 is 5.84 Å². The van der Waals surface area contributed by atoms with Crippen LogP contribution in [0.2, 0.25) is 0 Å². The molecule has 15 heavy (non-hydrogen) atoms. The molecule has 0 saturated carbocycles. The van der Waals surface area contributed by atoms with Gasteiger partial charge < -0.3 is 20.8 Å². The van der Waals surface area contributed by atoms with E-state index in [1.165, 1.54) is 0 Å². The number of nitrogens with two attached hydrogens (primary N) is 1. The van der Waals surface area contributed by atoms with Crippen LogP contribution < -0.4 is 10.5 Å². The first-order valence-electron chi connectivity index (χ1n) is 4.55. The summed E-state index contributed by atoms with van der Waals surface area (Å²) in [6.07, 6.45) is 0.373. The third kappa shape index (κ3) is 3.86. The maximum Gasteiger partial charge on any atom is 0.142 e. The van der Waals surface area contributed by atoms with Gasteiger partial charge in [-0.15, -0.1) is 0 Å². The molecule has 0 aliphatic carbocycles. The molecule has 1 rings (SSSR count). The molecule has 5 nitrogen and oxygen atoms in total. The van der Waals surface area contributed by atoms with E-state index < -0.39 is 0 Å². The highest BCUT2D eigenvalue weighted by molar-refractivity contribution is 5.79. The van der Waals surface area contributed by atoms with Gasteiger partial charge in [-0.3, -0.25) is 0 Å². The second-order valence-corrected chi connectivity index (χ2v) is 2.99. The molecule has 0 saturated heterocycles. The quantitative estimate of drug-likeness (QED) is 0.289. The molecule has 0 aliphatic heterocycles. The highest BCUT2D eigenvalue weighted by Gasteiger charge is 1.96. The fourth-order valence-electron chi connectivity index (χ4n) is 1.01. The Hall–Kier alpha value is -1.75. The molecule has 1 aromatic rings. The van der Waals surface area contributed by atoms with Gasteiger partial charge in [0.25, 0.3) is 0 Å². The predicted molar refractivity (Wildman–Crippen MR) is 55.9 cm³/mol. The van der Waals surface area contributed by atoms with Crippen LogP contribution in [0, 0.1) is 0 Å². The van der Waals surface area contributed by atoms with Gasteiger partial charge in [-0.1, -0.05) is 17.3 Å². The lowest BCUT2D eigenvalue weighted by atomic mass is 10.2. The number of oxime groups is 1. The molecular weight excluding hydrogens is 196 g/mol. The number of nitrogens with zero attached hydrogens (tertiary/aromatic N) is 1. The lowest BCUT2D eigenvalue weighted by Gasteiger charge is -2.05. The minimum absolute atomic E-state index is 0.0183. The molecule has 0 unspecified atom stereocenters. The Morgan fingerprint density at radius 3 is 2.53 bits per heavy atom. The van der Waals surface area contributed by atoms with Crippen LogP contribution in [0.1, 0.15) is 12.0 Å². The largest absolute Gasteiger partial charge is 0.493 e. The molecule has 0 aliphatic rings. The molecule has 82 valence electrons. The zero-order valence-corrected chi connectivity index (χ0v) is 8.26. The maximum absolute atomic E-state index is 8.81. The Balaban J connectivity index is 2.38. The summed E-state index contributed by atoms with van der Waals surface area (Å²) in [5.74, 6) is 0.833. The Labute approximate surface area is 87.8 Å². The van der Waals surface area contributed by atoms with E-state index in [1.807, 2.05) is 0 Å². The molecule has 5 heteroatoms. The molecule has 0 spiro atoms. The van der Waals surface area contributed by atoms with E-state index >= 15 is 0 Å².